The van der Waals surface area contributed by atoms with Crippen LogP contribution in [0.25, 0.3) is 10.8 Å². The van der Waals surface area contributed by atoms with Crippen molar-refractivity contribution in [2.45, 2.75) is 19.9 Å². The van der Waals surface area contributed by atoms with Gasteiger partial charge in [0.15, 0.2) is 11.5 Å². The van der Waals surface area contributed by atoms with Crippen molar-refractivity contribution in [3.63, 3.8) is 0 Å². The molecule has 0 aliphatic carbocycles. The predicted octanol–water partition coefficient (Wildman–Crippen LogP) is 4.02. The molecule has 0 fully saturated rings. The Labute approximate surface area is 148 Å². The fourth-order valence-electron chi connectivity index (χ4n) is 2.51. The van der Waals surface area contributed by atoms with E-state index >= 15 is 0 Å². The summed E-state index contributed by atoms with van der Waals surface area (Å²) in [5, 5.41) is 7.34. The normalized spacial score (nSPS) is 11.1. The van der Waals surface area contributed by atoms with Gasteiger partial charge in [-0.05, 0) is 32.0 Å². The number of rotatable bonds is 3. The molecule has 0 bridgehead atoms. The molecular weight excluding hydrogens is 345 g/mol. The Kier molecular flexibility index (Phi) is 4.55. The van der Waals surface area contributed by atoms with Gasteiger partial charge in [0.05, 0.1) is 22.1 Å². The Morgan fingerprint density at radius 1 is 1.16 bits per heavy atom. The lowest BCUT2D eigenvalue weighted by Gasteiger charge is -2.13. The van der Waals surface area contributed by atoms with Crippen LogP contribution < -0.4 is 10.9 Å². The second-order valence-corrected chi connectivity index (χ2v) is 6.20. The van der Waals surface area contributed by atoms with Crippen molar-refractivity contribution in [3.8, 4) is 0 Å². The lowest BCUT2D eigenvalue weighted by molar-refractivity contribution is 0.102. The third-order valence-corrected chi connectivity index (χ3v) is 4.02. The van der Waals surface area contributed by atoms with Crippen molar-refractivity contribution in [1.82, 2.24) is 9.78 Å². The molecule has 128 valence electrons. The molecule has 5 nitrogen and oxygen atoms in total. The summed E-state index contributed by atoms with van der Waals surface area (Å²) in [6.45, 7) is 3.59. The van der Waals surface area contributed by atoms with Gasteiger partial charge >= 0.3 is 0 Å². The average molecular weight is 360 g/mol. The van der Waals surface area contributed by atoms with Crippen molar-refractivity contribution in [2.75, 3.05) is 5.32 Å². The number of carbonyl (C=O) groups excluding carboxylic acids is 1. The Hall–Kier alpha value is -2.73. The van der Waals surface area contributed by atoms with Gasteiger partial charge in [0, 0.05) is 5.39 Å². The SMILES string of the molecule is CC(C)n1nc(C(=O)Nc2cccc(Cl)c2F)c2ccccc2c1=O. The van der Waals surface area contributed by atoms with Crippen LogP contribution in [0.3, 0.4) is 0 Å². The highest BCUT2D eigenvalue weighted by atomic mass is 35.5. The Bertz CT molecular complexity index is 1030. The standard InChI is InChI=1S/C18H15ClFN3O2/c1-10(2)23-18(25)12-7-4-3-6-11(12)16(22-23)17(24)21-14-9-5-8-13(19)15(14)20/h3-10H,1-2H3,(H,21,24). The number of nitrogens with zero attached hydrogens (tertiary/aromatic N) is 2. The van der Waals surface area contributed by atoms with Gasteiger partial charge in [-0.25, -0.2) is 9.07 Å². The maximum absolute atomic E-state index is 14.0. The summed E-state index contributed by atoms with van der Waals surface area (Å²) in [5.74, 6) is -1.34. The molecule has 0 atom stereocenters. The molecule has 2 aromatic carbocycles. The number of hydrogen-bond donors (Lipinski definition) is 1. The van der Waals surface area contributed by atoms with Crippen molar-refractivity contribution in [3.05, 3.63) is 69.4 Å². The molecule has 3 rings (SSSR count). The number of benzene rings is 2. The summed E-state index contributed by atoms with van der Waals surface area (Å²) in [5.41, 5.74) is -0.287. The van der Waals surface area contributed by atoms with Crippen molar-refractivity contribution in [2.24, 2.45) is 0 Å². The van der Waals surface area contributed by atoms with Crippen LogP contribution in [0.15, 0.2) is 47.3 Å². The zero-order valence-corrected chi connectivity index (χ0v) is 14.3. The molecule has 7 heteroatoms. The molecule has 0 aliphatic rings. The first-order chi connectivity index (χ1) is 11.9. The van der Waals surface area contributed by atoms with Crippen LogP contribution >= 0.6 is 11.6 Å². The molecular formula is C18H15ClFN3O2. The molecule has 0 spiro atoms. The van der Waals surface area contributed by atoms with Gasteiger partial charge in [0.25, 0.3) is 11.5 Å². The van der Waals surface area contributed by atoms with E-state index in [0.717, 1.165) is 0 Å². The van der Waals surface area contributed by atoms with Crippen LogP contribution in [0.2, 0.25) is 5.02 Å². The quantitative estimate of drug-likeness (QED) is 0.768. The number of amides is 1. The van der Waals surface area contributed by atoms with Crippen LogP contribution in [-0.2, 0) is 0 Å². The summed E-state index contributed by atoms with van der Waals surface area (Å²) in [7, 11) is 0. The predicted molar refractivity (Wildman–Crippen MR) is 95.8 cm³/mol. The smallest absolute Gasteiger partial charge is 0.276 e. The number of anilines is 1. The van der Waals surface area contributed by atoms with Crippen molar-refractivity contribution >= 4 is 34.0 Å². The molecule has 0 saturated heterocycles. The van der Waals surface area contributed by atoms with E-state index in [2.05, 4.69) is 10.4 Å². The molecule has 1 N–H and O–H groups in total. The van der Waals surface area contributed by atoms with Crippen LogP contribution in [-0.4, -0.2) is 15.7 Å². The summed E-state index contributed by atoms with van der Waals surface area (Å²) >= 11 is 5.74. The summed E-state index contributed by atoms with van der Waals surface area (Å²) in [6.07, 6.45) is 0. The van der Waals surface area contributed by atoms with E-state index in [1.165, 1.54) is 22.9 Å². The van der Waals surface area contributed by atoms with E-state index in [1.54, 1.807) is 38.1 Å². The molecule has 1 heterocycles. The first kappa shape index (κ1) is 17.1. The second kappa shape index (κ2) is 6.64. The first-order valence-corrected chi connectivity index (χ1v) is 8.05. The minimum Gasteiger partial charge on any atom is -0.318 e. The van der Waals surface area contributed by atoms with Gasteiger partial charge in [-0.1, -0.05) is 35.9 Å². The second-order valence-electron chi connectivity index (χ2n) is 5.79. The van der Waals surface area contributed by atoms with Crippen LogP contribution in [0.1, 0.15) is 30.4 Å². The number of nitrogens with one attached hydrogen (secondary N) is 1. The van der Waals surface area contributed by atoms with E-state index in [4.69, 9.17) is 11.6 Å². The highest BCUT2D eigenvalue weighted by Gasteiger charge is 2.19. The topological polar surface area (TPSA) is 64.0 Å². The molecule has 1 amide bonds. The van der Waals surface area contributed by atoms with Gasteiger partial charge in [-0.3, -0.25) is 9.59 Å². The average Bonchev–Trinajstić information content (AvgIpc) is 2.59. The molecule has 25 heavy (non-hydrogen) atoms. The van der Waals surface area contributed by atoms with Gasteiger partial charge in [-0.2, -0.15) is 5.10 Å². The van der Waals surface area contributed by atoms with E-state index in [0.29, 0.717) is 10.8 Å². The number of hydrogen-bond acceptors (Lipinski definition) is 3. The van der Waals surface area contributed by atoms with E-state index in [9.17, 15) is 14.0 Å². The van der Waals surface area contributed by atoms with Gasteiger partial charge in [0.2, 0.25) is 0 Å². The molecule has 0 unspecified atom stereocenters. The van der Waals surface area contributed by atoms with E-state index < -0.39 is 11.7 Å². The summed E-state index contributed by atoms with van der Waals surface area (Å²) < 4.78 is 15.3. The minimum absolute atomic E-state index is 0.0447. The maximum Gasteiger partial charge on any atom is 0.276 e. The third-order valence-electron chi connectivity index (χ3n) is 3.73. The van der Waals surface area contributed by atoms with Gasteiger partial charge in [-0.15, -0.1) is 0 Å². The van der Waals surface area contributed by atoms with Crippen LogP contribution in [0.4, 0.5) is 10.1 Å². The summed E-state index contributed by atoms with van der Waals surface area (Å²) in [4.78, 5) is 25.2. The molecule has 0 aliphatic heterocycles. The third kappa shape index (κ3) is 3.13. The minimum atomic E-state index is -0.723. The monoisotopic (exact) mass is 359 g/mol. The van der Waals surface area contributed by atoms with E-state index in [1.807, 2.05) is 0 Å². The van der Waals surface area contributed by atoms with E-state index in [-0.39, 0.29) is 28.0 Å². The lowest BCUT2D eigenvalue weighted by Crippen LogP contribution is -2.29. The Morgan fingerprint density at radius 3 is 2.52 bits per heavy atom. The number of carbonyl (C=O) groups is 1. The lowest BCUT2D eigenvalue weighted by atomic mass is 10.1. The molecule has 1 aromatic heterocycles. The summed E-state index contributed by atoms with van der Waals surface area (Å²) in [6, 6.07) is 10.8. The Morgan fingerprint density at radius 2 is 1.84 bits per heavy atom. The van der Waals surface area contributed by atoms with Gasteiger partial charge in [0.1, 0.15) is 0 Å². The highest BCUT2D eigenvalue weighted by Crippen LogP contribution is 2.23. The number of aromatic nitrogens is 2. The Balaban J connectivity index is 2.14. The number of fused-ring (bicyclic) bond motifs is 1. The fraction of sp³-hybridized carbons (Fsp3) is 0.167. The molecule has 0 radical (unpaired) electrons. The zero-order valence-electron chi connectivity index (χ0n) is 13.6. The molecule has 3 aromatic rings. The largest absolute Gasteiger partial charge is 0.318 e. The van der Waals surface area contributed by atoms with Gasteiger partial charge < -0.3 is 5.32 Å². The maximum atomic E-state index is 14.0. The zero-order chi connectivity index (χ0) is 18.1. The number of halogens is 2. The first-order valence-electron chi connectivity index (χ1n) is 7.67. The fourth-order valence-corrected chi connectivity index (χ4v) is 2.68. The van der Waals surface area contributed by atoms with Crippen molar-refractivity contribution in [1.29, 1.82) is 0 Å². The molecule has 0 saturated carbocycles. The van der Waals surface area contributed by atoms with Crippen molar-refractivity contribution < 1.29 is 9.18 Å². The van der Waals surface area contributed by atoms with Crippen LogP contribution in [0.5, 0.6) is 0 Å². The van der Waals surface area contributed by atoms with Crippen LogP contribution in [0, 0.1) is 5.82 Å². The highest BCUT2D eigenvalue weighted by molar-refractivity contribution is 6.31.